The van der Waals surface area contributed by atoms with Gasteiger partial charge in [-0.2, -0.15) is 0 Å². The number of hydrogen-bond acceptors (Lipinski definition) is 5. The topological polar surface area (TPSA) is 64.7 Å². The summed E-state index contributed by atoms with van der Waals surface area (Å²) >= 11 is 1.54. The van der Waals surface area contributed by atoms with E-state index in [1.165, 1.54) is 0 Å². The molecular formula is C18H28N4O2S. The molecule has 2 aliphatic rings. The third-order valence-electron chi connectivity index (χ3n) is 5.00. The number of carbonyl (C=O) groups excluding carboxylic acids is 2. The van der Waals surface area contributed by atoms with Crippen molar-refractivity contribution < 1.29 is 9.59 Å². The fourth-order valence-electron chi connectivity index (χ4n) is 3.44. The van der Waals surface area contributed by atoms with E-state index in [2.05, 4.69) is 15.5 Å². The third kappa shape index (κ3) is 5.26. The SMILES string of the molecule is Cc1ccc(C(=O)NC2CCN(CCC(=O)N3CCNCC3)CC2)s1. The Morgan fingerprint density at radius 1 is 1.20 bits per heavy atom. The van der Waals surface area contributed by atoms with Crippen LogP contribution in [0.5, 0.6) is 0 Å². The first-order valence-corrected chi connectivity index (χ1v) is 10.0. The number of aryl methyl sites for hydroxylation is 1. The maximum absolute atomic E-state index is 12.2. The number of thiophene rings is 1. The van der Waals surface area contributed by atoms with E-state index in [4.69, 9.17) is 0 Å². The summed E-state index contributed by atoms with van der Waals surface area (Å²) in [5.41, 5.74) is 0. The van der Waals surface area contributed by atoms with E-state index in [9.17, 15) is 9.59 Å². The molecule has 138 valence electrons. The lowest BCUT2D eigenvalue weighted by molar-refractivity contribution is -0.132. The van der Waals surface area contributed by atoms with Crippen LogP contribution in [0.4, 0.5) is 0 Å². The quantitative estimate of drug-likeness (QED) is 0.820. The highest BCUT2D eigenvalue weighted by atomic mass is 32.1. The molecule has 2 amide bonds. The molecule has 0 aromatic carbocycles. The average molecular weight is 365 g/mol. The zero-order chi connectivity index (χ0) is 17.6. The zero-order valence-corrected chi connectivity index (χ0v) is 15.7. The van der Waals surface area contributed by atoms with Gasteiger partial charge >= 0.3 is 0 Å². The Hall–Kier alpha value is -1.44. The Morgan fingerprint density at radius 3 is 2.56 bits per heavy atom. The van der Waals surface area contributed by atoms with Crippen molar-refractivity contribution in [1.29, 1.82) is 0 Å². The van der Waals surface area contributed by atoms with Gasteiger partial charge in [0.15, 0.2) is 0 Å². The number of nitrogens with one attached hydrogen (secondary N) is 2. The molecule has 0 aliphatic carbocycles. The molecule has 2 aliphatic heterocycles. The molecule has 1 aromatic heterocycles. The lowest BCUT2D eigenvalue weighted by atomic mass is 10.0. The van der Waals surface area contributed by atoms with E-state index in [-0.39, 0.29) is 17.9 Å². The van der Waals surface area contributed by atoms with Gasteiger partial charge < -0.3 is 20.4 Å². The van der Waals surface area contributed by atoms with Crippen LogP contribution in [0.3, 0.4) is 0 Å². The molecule has 0 saturated carbocycles. The summed E-state index contributed by atoms with van der Waals surface area (Å²) in [4.78, 5) is 30.7. The Bertz CT molecular complexity index is 590. The molecular weight excluding hydrogens is 336 g/mol. The van der Waals surface area contributed by atoms with Gasteiger partial charge in [-0.05, 0) is 31.9 Å². The molecule has 0 unspecified atom stereocenters. The molecule has 6 nitrogen and oxygen atoms in total. The zero-order valence-electron chi connectivity index (χ0n) is 14.9. The first-order chi connectivity index (χ1) is 12.1. The second-order valence-corrected chi connectivity index (χ2v) is 8.17. The standard InChI is InChI=1S/C18H28N4O2S/c1-14-2-3-16(25-14)18(24)20-15-4-9-21(10-5-15)11-6-17(23)22-12-7-19-8-13-22/h2-3,15,19H,4-13H2,1H3,(H,20,24). The number of rotatable bonds is 5. The average Bonchev–Trinajstić information content (AvgIpc) is 3.08. The number of nitrogens with zero attached hydrogens (tertiary/aromatic N) is 2. The lowest BCUT2D eigenvalue weighted by Crippen LogP contribution is -2.48. The van der Waals surface area contributed by atoms with Gasteiger partial charge in [0, 0.05) is 63.2 Å². The van der Waals surface area contributed by atoms with Crippen molar-refractivity contribution in [3.8, 4) is 0 Å². The number of piperazine rings is 1. The molecule has 0 bridgehead atoms. The normalized spacial score (nSPS) is 19.8. The molecule has 7 heteroatoms. The molecule has 0 spiro atoms. The van der Waals surface area contributed by atoms with Gasteiger partial charge in [0.05, 0.1) is 4.88 Å². The molecule has 3 heterocycles. The van der Waals surface area contributed by atoms with Gasteiger partial charge in [-0.15, -0.1) is 11.3 Å². The minimum atomic E-state index is 0.0467. The van der Waals surface area contributed by atoms with E-state index in [0.717, 1.165) is 68.4 Å². The van der Waals surface area contributed by atoms with E-state index < -0.39 is 0 Å². The van der Waals surface area contributed by atoms with Gasteiger partial charge in [0.2, 0.25) is 5.91 Å². The number of amides is 2. The maximum atomic E-state index is 12.2. The van der Waals surface area contributed by atoms with Crippen LogP contribution in [0.1, 0.15) is 33.8 Å². The van der Waals surface area contributed by atoms with Crippen molar-refractivity contribution in [3.63, 3.8) is 0 Å². The number of piperidine rings is 1. The molecule has 2 saturated heterocycles. The Balaban J connectivity index is 1.35. The minimum Gasteiger partial charge on any atom is -0.349 e. The first-order valence-electron chi connectivity index (χ1n) is 9.20. The molecule has 0 atom stereocenters. The Morgan fingerprint density at radius 2 is 1.92 bits per heavy atom. The predicted molar refractivity (Wildman–Crippen MR) is 100 cm³/mol. The fraction of sp³-hybridized carbons (Fsp3) is 0.667. The van der Waals surface area contributed by atoms with Crippen LogP contribution in [-0.2, 0) is 4.79 Å². The summed E-state index contributed by atoms with van der Waals surface area (Å²) in [7, 11) is 0. The van der Waals surface area contributed by atoms with Gasteiger partial charge in [-0.3, -0.25) is 9.59 Å². The van der Waals surface area contributed by atoms with Crippen LogP contribution in [0.15, 0.2) is 12.1 Å². The van der Waals surface area contributed by atoms with Crippen molar-refractivity contribution in [2.75, 3.05) is 45.8 Å². The molecule has 0 radical (unpaired) electrons. The highest BCUT2D eigenvalue weighted by Gasteiger charge is 2.23. The molecule has 1 aromatic rings. The van der Waals surface area contributed by atoms with Crippen molar-refractivity contribution >= 4 is 23.2 Å². The summed E-state index contributed by atoms with van der Waals surface area (Å²) in [6.07, 6.45) is 2.52. The van der Waals surface area contributed by atoms with Crippen molar-refractivity contribution in [3.05, 3.63) is 21.9 Å². The highest BCUT2D eigenvalue weighted by molar-refractivity contribution is 7.13. The predicted octanol–water partition coefficient (Wildman–Crippen LogP) is 1.07. The number of likely N-dealkylation sites (tertiary alicyclic amines) is 1. The summed E-state index contributed by atoms with van der Waals surface area (Å²) in [6, 6.07) is 4.12. The van der Waals surface area contributed by atoms with Crippen molar-refractivity contribution in [1.82, 2.24) is 20.4 Å². The first kappa shape index (κ1) is 18.4. The summed E-state index contributed by atoms with van der Waals surface area (Å²) in [5.74, 6) is 0.315. The minimum absolute atomic E-state index is 0.0467. The summed E-state index contributed by atoms with van der Waals surface area (Å²) in [6.45, 7) is 8.20. The fourth-order valence-corrected chi connectivity index (χ4v) is 4.21. The largest absolute Gasteiger partial charge is 0.349 e. The smallest absolute Gasteiger partial charge is 0.261 e. The number of carbonyl (C=O) groups is 2. The van der Waals surface area contributed by atoms with Crippen molar-refractivity contribution in [2.45, 2.75) is 32.2 Å². The van der Waals surface area contributed by atoms with E-state index in [1.807, 2.05) is 24.0 Å². The van der Waals surface area contributed by atoms with Crippen LogP contribution in [0, 0.1) is 6.92 Å². The van der Waals surface area contributed by atoms with Crippen LogP contribution in [0.25, 0.3) is 0 Å². The molecule has 25 heavy (non-hydrogen) atoms. The van der Waals surface area contributed by atoms with E-state index >= 15 is 0 Å². The summed E-state index contributed by atoms with van der Waals surface area (Å²) in [5, 5.41) is 6.42. The van der Waals surface area contributed by atoms with Gasteiger partial charge in [-0.25, -0.2) is 0 Å². The second-order valence-electron chi connectivity index (χ2n) is 6.88. The van der Waals surface area contributed by atoms with Crippen LogP contribution < -0.4 is 10.6 Å². The van der Waals surface area contributed by atoms with Gasteiger partial charge in [0.25, 0.3) is 5.91 Å². The molecule has 2 N–H and O–H groups in total. The highest BCUT2D eigenvalue weighted by Crippen LogP contribution is 2.17. The monoisotopic (exact) mass is 364 g/mol. The maximum Gasteiger partial charge on any atom is 0.261 e. The van der Waals surface area contributed by atoms with Gasteiger partial charge in [0.1, 0.15) is 0 Å². The molecule has 2 fully saturated rings. The lowest BCUT2D eigenvalue weighted by Gasteiger charge is -2.33. The Kier molecular flexibility index (Phi) is 6.45. The Labute approximate surface area is 153 Å². The van der Waals surface area contributed by atoms with Crippen LogP contribution in [0.2, 0.25) is 0 Å². The number of hydrogen-bond donors (Lipinski definition) is 2. The molecule has 3 rings (SSSR count). The van der Waals surface area contributed by atoms with Crippen LogP contribution in [-0.4, -0.2) is 73.5 Å². The third-order valence-corrected chi connectivity index (χ3v) is 6.00. The summed E-state index contributed by atoms with van der Waals surface area (Å²) < 4.78 is 0. The van der Waals surface area contributed by atoms with Gasteiger partial charge in [-0.1, -0.05) is 0 Å². The van der Waals surface area contributed by atoms with Crippen molar-refractivity contribution in [2.24, 2.45) is 0 Å². The van der Waals surface area contributed by atoms with Crippen LogP contribution >= 0.6 is 11.3 Å². The van der Waals surface area contributed by atoms with E-state index in [0.29, 0.717) is 6.42 Å². The van der Waals surface area contributed by atoms with E-state index in [1.54, 1.807) is 11.3 Å². The second kappa shape index (κ2) is 8.78.